The summed E-state index contributed by atoms with van der Waals surface area (Å²) in [4.78, 5) is 1.56. The molecule has 0 heterocycles. The monoisotopic (exact) mass is 128 g/mol. The van der Waals surface area contributed by atoms with E-state index in [1.54, 1.807) is 19.1 Å². The van der Waals surface area contributed by atoms with Crippen LogP contribution < -0.4 is 0 Å². The van der Waals surface area contributed by atoms with Gasteiger partial charge in [0.25, 0.3) is 0 Å². The Morgan fingerprint density at radius 3 is 2.67 bits per heavy atom. The third-order valence-electron chi connectivity index (χ3n) is 1.23. The van der Waals surface area contributed by atoms with Crippen molar-refractivity contribution in [3.8, 4) is 6.19 Å². The minimum atomic E-state index is 0.181. The predicted octanol–water partition coefficient (Wildman–Crippen LogP) is 0.434. The summed E-state index contributed by atoms with van der Waals surface area (Å²) in [6.07, 6.45) is 2.00. The fraction of sp³-hybridized carbons (Fsp3) is 0.833. The molecule has 1 atom stereocenters. The van der Waals surface area contributed by atoms with Gasteiger partial charge in [-0.05, 0) is 6.92 Å². The van der Waals surface area contributed by atoms with Crippen molar-refractivity contribution in [2.45, 2.75) is 13.0 Å². The first-order chi connectivity index (χ1) is 4.22. The molecule has 0 aliphatic rings. The van der Waals surface area contributed by atoms with Crippen molar-refractivity contribution in [3.05, 3.63) is 0 Å². The summed E-state index contributed by atoms with van der Waals surface area (Å²) >= 11 is 0. The average Bonchev–Trinajstić information content (AvgIpc) is 1.87. The highest BCUT2D eigenvalue weighted by Gasteiger charge is 2.04. The molecule has 3 nitrogen and oxygen atoms in total. The molecule has 0 aliphatic carbocycles. The van der Waals surface area contributed by atoms with Crippen LogP contribution in [0.4, 0.5) is 0 Å². The lowest BCUT2D eigenvalue weighted by molar-refractivity contribution is 0.141. The smallest absolute Gasteiger partial charge is 0.179 e. The van der Waals surface area contributed by atoms with Gasteiger partial charge in [-0.15, -0.1) is 0 Å². The first kappa shape index (κ1) is 8.25. The molecule has 0 aromatic rings. The number of ether oxygens (including phenoxy) is 1. The lowest BCUT2D eigenvalue weighted by Gasteiger charge is -2.16. The van der Waals surface area contributed by atoms with Crippen LogP contribution in [0.2, 0.25) is 0 Å². The van der Waals surface area contributed by atoms with Gasteiger partial charge in [0.2, 0.25) is 0 Å². The fourth-order valence-corrected chi connectivity index (χ4v) is 0.452. The lowest BCUT2D eigenvalue weighted by atomic mass is 10.3. The van der Waals surface area contributed by atoms with Crippen LogP contribution in [0.5, 0.6) is 0 Å². The summed E-state index contributed by atoms with van der Waals surface area (Å²) in [5.41, 5.74) is 0. The maximum Gasteiger partial charge on any atom is 0.179 e. The maximum absolute atomic E-state index is 8.35. The highest BCUT2D eigenvalue weighted by atomic mass is 16.5. The highest BCUT2D eigenvalue weighted by molar-refractivity contribution is 4.74. The number of methoxy groups -OCH3 is 1. The molecule has 0 amide bonds. The minimum absolute atomic E-state index is 0.181. The molecule has 9 heavy (non-hydrogen) atoms. The van der Waals surface area contributed by atoms with Crippen molar-refractivity contribution in [2.75, 3.05) is 20.8 Å². The third-order valence-corrected chi connectivity index (χ3v) is 1.23. The number of nitrogens with zero attached hydrogens (tertiary/aromatic N) is 2. The van der Waals surface area contributed by atoms with E-state index in [0.717, 1.165) is 0 Å². The molecule has 1 unspecified atom stereocenters. The molecule has 0 saturated carbocycles. The maximum atomic E-state index is 8.35. The van der Waals surface area contributed by atoms with E-state index in [1.165, 1.54) is 0 Å². The number of rotatable bonds is 3. The van der Waals surface area contributed by atoms with Crippen LogP contribution >= 0.6 is 0 Å². The van der Waals surface area contributed by atoms with Gasteiger partial charge in [0.15, 0.2) is 6.19 Å². The molecule has 0 fully saturated rings. The number of likely N-dealkylation sites (N-methyl/N-ethyl adjacent to an activating group) is 1. The number of hydrogen-bond acceptors (Lipinski definition) is 3. The number of nitriles is 1. The van der Waals surface area contributed by atoms with Crippen molar-refractivity contribution >= 4 is 0 Å². The third kappa shape index (κ3) is 2.94. The zero-order chi connectivity index (χ0) is 7.28. The van der Waals surface area contributed by atoms with Gasteiger partial charge in [0, 0.05) is 14.2 Å². The quantitative estimate of drug-likeness (QED) is 0.408. The van der Waals surface area contributed by atoms with Gasteiger partial charge in [-0.2, -0.15) is 5.26 Å². The van der Waals surface area contributed by atoms with Crippen molar-refractivity contribution in [3.63, 3.8) is 0 Å². The van der Waals surface area contributed by atoms with Crippen LogP contribution in [0.15, 0.2) is 0 Å². The van der Waals surface area contributed by atoms with E-state index in [-0.39, 0.29) is 6.04 Å². The SMILES string of the molecule is COCC(C)N(C)C#N. The summed E-state index contributed by atoms with van der Waals surface area (Å²) in [6, 6.07) is 0.181. The fourth-order valence-electron chi connectivity index (χ4n) is 0.452. The van der Waals surface area contributed by atoms with E-state index in [2.05, 4.69) is 0 Å². The first-order valence-corrected chi connectivity index (χ1v) is 2.84. The Morgan fingerprint density at radius 2 is 2.33 bits per heavy atom. The van der Waals surface area contributed by atoms with Crippen LogP contribution in [0.3, 0.4) is 0 Å². The van der Waals surface area contributed by atoms with Gasteiger partial charge >= 0.3 is 0 Å². The summed E-state index contributed by atoms with van der Waals surface area (Å²) in [5.74, 6) is 0. The molecular formula is C6H12N2O. The first-order valence-electron chi connectivity index (χ1n) is 2.84. The molecule has 3 heteroatoms. The van der Waals surface area contributed by atoms with Crippen LogP contribution in [0, 0.1) is 11.5 Å². The summed E-state index contributed by atoms with van der Waals surface area (Å²) in [6.45, 7) is 2.54. The molecular weight excluding hydrogens is 116 g/mol. The molecule has 0 bridgehead atoms. The van der Waals surface area contributed by atoms with Crippen LogP contribution in [0.25, 0.3) is 0 Å². The van der Waals surface area contributed by atoms with Gasteiger partial charge in [-0.1, -0.05) is 0 Å². The normalized spacial score (nSPS) is 12.2. The van der Waals surface area contributed by atoms with Gasteiger partial charge in [0.05, 0.1) is 12.6 Å². The van der Waals surface area contributed by atoms with E-state index in [0.29, 0.717) is 6.61 Å². The van der Waals surface area contributed by atoms with E-state index in [4.69, 9.17) is 10.00 Å². The largest absolute Gasteiger partial charge is 0.383 e. The van der Waals surface area contributed by atoms with Crippen molar-refractivity contribution in [1.82, 2.24) is 4.90 Å². The Labute approximate surface area is 55.8 Å². The van der Waals surface area contributed by atoms with E-state index >= 15 is 0 Å². The second-order valence-electron chi connectivity index (χ2n) is 2.02. The van der Waals surface area contributed by atoms with E-state index < -0.39 is 0 Å². The Bertz CT molecular complexity index is 108. The molecule has 0 spiro atoms. The molecule has 0 aliphatic heterocycles. The van der Waals surface area contributed by atoms with Gasteiger partial charge in [0.1, 0.15) is 0 Å². The van der Waals surface area contributed by atoms with Crippen molar-refractivity contribution in [1.29, 1.82) is 5.26 Å². The highest BCUT2D eigenvalue weighted by Crippen LogP contribution is 1.91. The van der Waals surface area contributed by atoms with Gasteiger partial charge < -0.3 is 9.64 Å². The van der Waals surface area contributed by atoms with Crippen LogP contribution in [0.1, 0.15) is 6.92 Å². The zero-order valence-corrected chi connectivity index (χ0v) is 6.09. The Hall–Kier alpha value is -0.750. The second kappa shape index (κ2) is 4.16. The standard InChI is InChI=1S/C6H12N2O/c1-6(4-9-3)8(2)5-7/h6H,4H2,1-3H3. The Balaban J connectivity index is 3.48. The topological polar surface area (TPSA) is 36.3 Å². The average molecular weight is 128 g/mol. The molecule has 0 radical (unpaired) electrons. The molecule has 0 aromatic carbocycles. The summed E-state index contributed by atoms with van der Waals surface area (Å²) in [7, 11) is 3.37. The molecule has 52 valence electrons. The molecule has 0 aromatic heterocycles. The van der Waals surface area contributed by atoms with Gasteiger partial charge in [-0.3, -0.25) is 0 Å². The second-order valence-corrected chi connectivity index (χ2v) is 2.02. The summed E-state index contributed by atoms with van der Waals surface area (Å²) < 4.78 is 4.83. The van der Waals surface area contributed by atoms with Gasteiger partial charge in [-0.25, -0.2) is 0 Å². The number of hydrogen-bond donors (Lipinski definition) is 0. The Kier molecular flexibility index (Phi) is 3.81. The van der Waals surface area contributed by atoms with E-state index in [9.17, 15) is 0 Å². The summed E-state index contributed by atoms with van der Waals surface area (Å²) in [5, 5.41) is 8.35. The molecule has 0 N–H and O–H groups in total. The van der Waals surface area contributed by atoms with Crippen molar-refractivity contribution < 1.29 is 4.74 Å². The molecule has 0 saturated heterocycles. The lowest BCUT2D eigenvalue weighted by Crippen LogP contribution is -2.28. The van der Waals surface area contributed by atoms with E-state index in [1.807, 2.05) is 13.1 Å². The van der Waals surface area contributed by atoms with Crippen LogP contribution in [-0.4, -0.2) is 31.7 Å². The minimum Gasteiger partial charge on any atom is -0.383 e. The zero-order valence-electron chi connectivity index (χ0n) is 6.09. The predicted molar refractivity (Wildman–Crippen MR) is 34.7 cm³/mol. The molecule has 0 rings (SSSR count). The Morgan fingerprint density at radius 1 is 1.78 bits per heavy atom. The van der Waals surface area contributed by atoms with Crippen molar-refractivity contribution in [2.24, 2.45) is 0 Å². The van der Waals surface area contributed by atoms with Crippen LogP contribution in [-0.2, 0) is 4.74 Å².